The molecule has 0 aliphatic heterocycles. The Morgan fingerprint density at radius 2 is 1.17 bits per heavy atom. The van der Waals surface area contributed by atoms with Gasteiger partial charge in [-0.05, 0) is 28.2 Å². The predicted molar refractivity (Wildman–Crippen MR) is 57.2 cm³/mol. The van der Waals surface area contributed by atoms with Gasteiger partial charge in [-0.25, -0.2) is 0 Å². The summed E-state index contributed by atoms with van der Waals surface area (Å²) in [6.45, 7) is 4.41. The van der Waals surface area contributed by atoms with E-state index >= 15 is 0 Å². The van der Waals surface area contributed by atoms with Gasteiger partial charge in [-0.1, -0.05) is 0 Å². The number of nitrogens with one attached hydrogen (secondary N) is 1. The molecule has 0 aliphatic rings. The van der Waals surface area contributed by atoms with Crippen molar-refractivity contribution in [2.75, 3.05) is 54.4 Å². The van der Waals surface area contributed by atoms with Crippen molar-refractivity contribution >= 4 is 12.4 Å². The third-order valence-electron chi connectivity index (χ3n) is 1.47. The van der Waals surface area contributed by atoms with Gasteiger partial charge in [-0.3, -0.25) is 0 Å². The second-order valence-electron chi connectivity index (χ2n) is 3.36. The fourth-order valence-corrected chi connectivity index (χ4v) is 0.730. The maximum atomic E-state index is 3.36. The summed E-state index contributed by atoms with van der Waals surface area (Å²) in [4.78, 5) is 4.37. The molecule has 76 valence electrons. The van der Waals surface area contributed by atoms with Crippen LogP contribution in [0.5, 0.6) is 0 Å². The van der Waals surface area contributed by atoms with Gasteiger partial charge in [0.1, 0.15) is 0 Å². The predicted octanol–water partition coefficient (Wildman–Crippen LogP) is 0.121. The van der Waals surface area contributed by atoms with E-state index in [9.17, 15) is 0 Å². The van der Waals surface area contributed by atoms with Gasteiger partial charge in [0.05, 0.1) is 0 Å². The first kappa shape index (κ1) is 14.7. The van der Waals surface area contributed by atoms with E-state index in [1.165, 1.54) is 0 Å². The van der Waals surface area contributed by atoms with Crippen LogP contribution in [0.1, 0.15) is 0 Å². The van der Waals surface area contributed by atoms with E-state index in [4.69, 9.17) is 0 Å². The van der Waals surface area contributed by atoms with E-state index < -0.39 is 0 Å². The van der Waals surface area contributed by atoms with Crippen molar-refractivity contribution in [1.29, 1.82) is 0 Å². The molecule has 0 atom stereocenters. The highest BCUT2D eigenvalue weighted by atomic mass is 35.5. The van der Waals surface area contributed by atoms with Gasteiger partial charge in [0.2, 0.25) is 0 Å². The van der Waals surface area contributed by atoms with E-state index in [1.807, 2.05) is 0 Å². The Hall–Kier alpha value is 0.170. The van der Waals surface area contributed by atoms with Crippen LogP contribution < -0.4 is 5.32 Å². The highest BCUT2D eigenvalue weighted by Gasteiger charge is 1.90. The molecule has 0 amide bonds. The minimum absolute atomic E-state index is 0. The Balaban J connectivity index is 0. The first-order valence-electron chi connectivity index (χ1n) is 4.13. The molecule has 0 rings (SSSR count). The second-order valence-corrected chi connectivity index (χ2v) is 3.36. The van der Waals surface area contributed by atoms with Crippen molar-refractivity contribution in [3.8, 4) is 0 Å². The van der Waals surface area contributed by atoms with E-state index in [2.05, 4.69) is 43.3 Å². The Bertz CT molecular complexity index is 76.4. The average molecular weight is 196 g/mol. The van der Waals surface area contributed by atoms with Crippen LogP contribution in [-0.2, 0) is 0 Å². The van der Waals surface area contributed by atoms with Crippen LogP contribution in [0.15, 0.2) is 0 Å². The summed E-state index contributed by atoms with van der Waals surface area (Å²) in [5.41, 5.74) is 0. The molecule has 4 heteroatoms. The highest BCUT2D eigenvalue weighted by molar-refractivity contribution is 5.85. The van der Waals surface area contributed by atoms with Crippen molar-refractivity contribution in [1.82, 2.24) is 15.1 Å². The third-order valence-corrected chi connectivity index (χ3v) is 1.47. The van der Waals surface area contributed by atoms with Crippen LogP contribution >= 0.6 is 12.4 Å². The lowest BCUT2D eigenvalue weighted by Gasteiger charge is -2.12. The van der Waals surface area contributed by atoms with Crippen LogP contribution in [-0.4, -0.2) is 64.2 Å². The molecule has 0 heterocycles. The van der Waals surface area contributed by atoms with Gasteiger partial charge in [0.25, 0.3) is 0 Å². The van der Waals surface area contributed by atoms with Crippen LogP contribution in [0.3, 0.4) is 0 Å². The minimum Gasteiger partial charge on any atom is -0.314 e. The summed E-state index contributed by atoms with van der Waals surface area (Å²) >= 11 is 0. The molecule has 0 aromatic rings. The van der Waals surface area contributed by atoms with E-state index in [-0.39, 0.29) is 12.4 Å². The Morgan fingerprint density at radius 1 is 0.833 bits per heavy atom. The molecule has 0 spiro atoms. The zero-order valence-corrected chi connectivity index (χ0v) is 9.45. The number of hydrogen-bond donors (Lipinski definition) is 1. The van der Waals surface area contributed by atoms with Gasteiger partial charge in [-0.15, -0.1) is 12.4 Å². The normalized spacial score (nSPS) is 10.5. The van der Waals surface area contributed by atoms with E-state index in [0.717, 1.165) is 26.2 Å². The molecule has 0 aromatic heterocycles. The maximum absolute atomic E-state index is 3.36. The summed E-state index contributed by atoms with van der Waals surface area (Å²) in [5, 5.41) is 3.36. The highest BCUT2D eigenvalue weighted by Crippen LogP contribution is 1.72. The first-order chi connectivity index (χ1) is 5.13. The zero-order valence-electron chi connectivity index (χ0n) is 8.63. The van der Waals surface area contributed by atoms with Crippen LogP contribution in [0.2, 0.25) is 0 Å². The molecule has 0 unspecified atom stereocenters. The molecule has 0 bridgehead atoms. The number of likely N-dealkylation sites (N-methyl/N-ethyl adjacent to an activating group) is 2. The van der Waals surface area contributed by atoms with Gasteiger partial charge in [-0.2, -0.15) is 0 Å². The molecule has 3 nitrogen and oxygen atoms in total. The Kier molecular flexibility index (Phi) is 11.3. The second kappa shape index (κ2) is 9.26. The van der Waals surface area contributed by atoms with Gasteiger partial charge in [0.15, 0.2) is 0 Å². The molecule has 0 fully saturated rings. The molecule has 0 radical (unpaired) electrons. The molecule has 1 N–H and O–H groups in total. The lowest BCUT2D eigenvalue weighted by atomic mass is 10.5. The number of hydrogen-bond acceptors (Lipinski definition) is 3. The molecule has 0 saturated heterocycles. The van der Waals surface area contributed by atoms with Crippen LogP contribution in [0, 0.1) is 0 Å². The number of nitrogens with zero attached hydrogens (tertiary/aromatic N) is 2. The molecule has 0 aromatic carbocycles. The molecule has 0 aliphatic carbocycles. The lowest BCUT2D eigenvalue weighted by molar-refractivity contribution is 0.373. The standard InChI is InChI=1S/C8H21N3.ClH/c1-10(2)7-5-9-6-8-11(3)4;/h9H,5-8H2,1-4H3;1H. The van der Waals surface area contributed by atoms with Crippen molar-refractivity contribution in [2.24, 2.45) is 0 Å². The smallest absolute Gasteiger partial charge is 0.0101 e. The molecule has 12 heavy (non-hydrogen) atoms. The number of halogens is 1. The van der Waals surface area contributed by atoms with Crippen molar-refractivity contribution < 1.29 is 0 Å². The fraction of sp³-hybridized carbons (Fsp3) is 1.00. The SMILES string of the molecule is CN(C)CCNCCN(C)C.Cl. The summed E-state index contributed by atoms with van der Waals surface area (Å²) < 4.78 is 0. The first-order valence-corrected chi connectivity index (χ1v) is 4.13. The van der Waals surface area contributed by atoms with Crippen LogP contribution in [0.25, 0.3) is 0 Å². The van der Waals surface area contributed by atoms with Crippen molar-refractivity contribution in [2.45, 2.75) is 0 Å². The van der Waals surface area contributed by atoms with Gasteiger partial charge < -0.3 is 15.1 Å². The minimum atomic E-state index is 0. The third kappa shape index (κ3) is 12.8. The summed E-state index contributed by atoms with van der Waals surface area (Å²) in [6.07, 6.45) is 0. The Labute approximate surface area is 82.5 Å². The quantitative estimate of drug-likeness (QED) is 0.608. The largest absolute Gasteiger partial charge is 0.314 e. The monoisotopic (exact) mass is 195 g/mol. The summed E-state index contributed by atoms with van der Waals surface area (Å²) in [7, 11) is 8.36. The van der Waals surface area contributed by atoms with Gasteiger partial charge in [0, 0.05) is 26.2 Å². The number of rotatable bonds is 6. The summed E-state index contributed by atoms with van der Waals surface area (Å²) in [6, 6.07) is 0. The van der Waals surface area contributed by atoms with E-state index in [0.29, 0.717) is 0 Å². The van der Waals surface area contributed by atoms with Gasteiger partial charge >= 0.3 is 0 Å². The molecular formula is C8H22ClN3. The molecule has 0 saturated carbocycles. The summed E-state index contributed by atoms with van der Waals surface area (Å²) in [5.74, 6) is 0. The topological polar surface area (TPSA) is 18.5 Å². The van der Waals surface area contributed by atoms with E-state index in [1.54, 1.807) is 0 Å². The Morgan fingerprint density at radius 3 is 1.42 bits per heavy atom. The van der Waals surface area contributed by atoms with Crippen molar-refractivity contribution in [3.63, 3.8) is 0 Å². The van der Waals surface area contributed by atoms with Crippen molar-refractivity contribution in [3.05, 3.63) is 0 Å². The lowest BCUT2D eigenvalue weighted by Crippen LogP contribution is -2.31. The molecular weight excluding hydrogens is 174 g/mol. The average Bonchev–Trinajstić information content (AvgIpc) is 1.85. The maximum Gasteiger partial charge on any atom is 0.0101 e. The fourth-order valence-electron chi connectivity index (χ4n) is 0.730. The zero-order chi connectivity index (χ0) is 8.69. The van der Waals surface area contributed by atoms with Crippen LogP contribution in [0.4, 0.5) is 0 Å².